The summed E-state index contributed by atoms with van der Waals surface area (Å²) in [4.78, 5) is 0.133. The predicted molar refractivity (Wildman–Crippen MR) is 94.4 cm³/mol. The number of nitrogens with zero attached hydrogens (tertiary/aromatic N) is 3. The van der Waals surface area contributed by atoms with Crippen molar-refractivity contribution in [1.29, 1.82) is 0 Å². The van der Waals surface area contributed by atoms with E-state index >= 15 is 0 Å². The van der Waals surface area contributed by atoms with Gasteiger partial charge in [0.05, 0.1) is 17.2 Å². The van der Waals surface area contributed by atoms with Crippen LogP contribution in [0, 0.1) is 6.92 Å². The van der Waals surface area contributed by atoms with Gasteiger partial charge in [0, 0.05) is 5.56 Å². The van der Waals surface area contributed by atoms with E-state index in [9.17, 15) is 13.5 Å². The molecule has 0 bridgehead atoms. The van der Waals surface area contributed by atoms with Gasteiger partial charge in [-0.05, 0) is 24.6 Å². The van der Waals surface area contributed by atoms with E-state index in [4.69, 9.17) is 0 Å². The molecule has 1 aromatic heterocycles. The maximum Gasteiger partial charge on any atom is 0.284 e. The molecule has 1 heterocycles. The molecule has 2 aromatic carbocycles. The maximum atomic E-state index is 12.7. The molecule has 0 fully saturated rings. The molecule has 128 valence electrons. The van der Waals surface area contributed by atoms with E-state index in [1.165, 1.54) is 24.4 Å². The standard InChI is InChI=1S/C18H17N3O3S/c1-3-18(22)16-7-5-4-6-15(16)17-12-21(20-19-17)25(23,24)14-10-8-13(2)9-11-14/h3-12,18,22H,1H2,2H3. The average Bonchev–Trinajstić information content (AvgIpc) is 3.12. The monoisotopic (exact) mass is 355 g/mol. The number of hydrogen-bond donors (Lipinski definition) is 1. The van der Waals surface area contributed by atoms with Crippen molar-refractivity contribution in [2.24, 2.45) is 0 Å². The van der Waals surface area contributed by atoms with E-state index in [1.54, 1.807) is 36.4 Å². The molecule has 3 aromatic rings. The Morgan fingerprint density at radius 2 is 1.84 bits per heavy atom. The fraction of sp³-hybridized carbons (Fsp3) is 0.111. The molecule has 0 amide bonds. The van der Waals surface area contributed by atoms with E-state index in [0.29, 0.717) is 16.8 Å². The quantitative estimate of drug-likeness (QED) is 0.711. The second-order valence-electron chi connectivity index (χ2n) is 5.56. The second kappa shape index (κ2) is 6.62. The van der Waals surface area contributed by atoms with Crippen LogP contribution in [0.3, 0.4) is 0 Å². The van der Waals surface area contributed by atoms with Crippen molar-refractivity contribution in [2.75, 3.05) is 0 Å². The van der Waals surface area contributed by atoms with Gasteiger partial charge in [0.25, 0.3) is 10.0 Å². The molecule has 1 unspecified atom stereocenters. The lowest BCUT2D eigenvalue weighted by Crippen LogP contribution is -2.13. The van der Waals surface area contributed by atoms with Crippen LogP contribution >= 0.6 is 0 Å². The summed E-state index contributed by atoms with van der Waals surface area (Å²) in [5, 5.41) is 17.8. The number of benzene rings is 2. The van der Waals surface area contributed by atoms with E-state index in [0.717, 1.165) is 9.65 Å². The zero-order chi connectivity index (χ0) is 18.0. The highest BCUT2D eigenvalue weighted by molar-refractivity contribution is 7.89. The Balaban J connectivity index is 2.04. The van der Waals surface area contributed by atoms with Crippen molar-refractivity contribution in [1.82, 2.24) is 14.4 Å². The fourth-order valence-electron chi connectivity index (χ4n) is 2.42. The Labute approximate surface area is 146 Å². The number of aliphatic hydroxyl groups is 1. The minimum absolute atomic E-state index is 0.133. The molecule has 0 saturated carbocycles. The van der Waals surface area contributed by atoms with Crippen LogP contribution in [0.1, 0.15) is 17.2 Å². The molecule has 3 rings (SSSR count). The van der Waals surface area contributed by atoms with Crippen molar-refractivity contribution < 1.29 is 13.5 Å². The number of aryl methyl sites for hydroxylation is 1. The molecule has 0 aliphatic heterocycles. The van der Waals surface area contributed by atoms with Gasteiger partial charge in [-0.15, -0.1) is 15.8 Å². The third-order valence-corrected chi connectivity index (χ3v) is 5.36. The summed E-state index contributed by atoms with van der Waals surface area (Å²) in [5.74, 6) is 0. The van der Waals surface area contributed by atoms with Gasteiger partial charge < -0.3 is 5.11 Å². The smallest absolute Gasteiger partial charge is 0.284 e. The lowest BCUT2D eigenvalue weighted by atomic mass is 10.0. The van der Waals surface area contributed by atoms with Gasteiger partial charge in [-0.1, -0.05) is 53.3 Å². The van der Waals surface area contributed by atoms with Crippen LogP contribution in [-0.4, -0.2) is 27.9 Å². The van der Waals surface area contributed by atoms with E-state index < -0.39 is 16.1 Å². The largest absolute Gasteiger partial charge is 0.384 e. The number of aliphatic hydroxyl groups excluding tert-OH is 1. The first-order valence-corrected chi connectivity index (χ1v) is 9.02. The van der Waals surface area contributed by atoms with Crippen molar-refractivity contribution >= 4 is 10.0 Å². The van der Waals surface area contributed by atoms with Crippen LogP contribution in [0.2, 0.25) is 0 Å². The maximum absolute atomic E-state index is 12.7. The van der Waals surface area contributed by atoms with Gasteiger partial charge in [0.1, 0.15) is 5.69 Å². The van der Waals surface area contributed by atoms with Crippen LogP contribution < -0.4 is 0 Å². The zero-order valence-electron chi connectivity index (χ0n) is 13.6. The SMILES string of the molecule is C=CC(O)c1ccccc1-c1cn(S(=O)(=O)c2ccc(C)cc2)nn1. The van der Waals surface area contributed by atoms with E-state index in [1.807, 2.05) is 6.92 Å². The Bertz CT molecular complexity index is 1010. The molecule has 1 N–H and O–H groups in total. The molecule has 0 radical (unpaired) electrons. The minimum Gasteiger partial charge on any atom is -0.384 e. The first-order valence-electron chi connectivity index (χ1n) is 7.58. The first kappa shape index (κ1) is 17.1. The highest BCUT2D eigenvalue weighted by Crippen LogP contribution is 2.27. The van der Waals surface area contributed by atoms with Gasteiger partial charge in [-0.3, -0.25) is 0 Å². The fourth-order valence-corrected chi connectivity index (χ4v) is 3.49. The minimum atomic E-state index is -3.82. The molecule has 7 heteroatoms. The average molecular weight is 355 g/mol. The molecule has 0 aliphatic rings. The van der Waals surface area contributed by atoms with Gasteiger partial charge in [0.2, 0.25) is 0 Å². The zero-order valence-corrected chi connectivity index (χ0v) is 14.4. The van der Waals surface area contributed by atoms with Gasteiger partial charge in [-0.2, -0.15) is 8.42 Å². The van der Waals surface area contributed by atoms with Crippen molar-refractivity contribution in [3.05, 3.63) is 78.5 Å². The van der Waals surface area contributed by atoms with E-state index in [-0.39, 0.29) is 4.90 Å². The number of rotatable bonds is 5. The topological polar surface area (TPSA) is 85.1 Å². The Morgan fingerprint density at radius 1 is 1.16 bits per heavy atom. The number of hydrogen-bond acceptors (Lipinski definition) is 5. The predicted octanol–water partition coefficient (Wildman–Crippen LogP) is 2.71. The van der Waals surface area contributed by atoms with Crippen LogP contribution in [0.15, 0.2) is 72.3 Å². The molecular formula is C18H17N3O3S. The summed E-state index contributed by atoms with van der Waals surface area (Å²) < 4.78 is 26.2. The van der Waals surface area contributed by atoms with Crippen molar-refractivity contribution in [3.63, 3.8) is 0 Å². The highest BCUT2D eigenvalue weighted by Gasteiger charge is 2.20. The summed E-state index contributed by atoms with van der Waals surface area (Å²) in [6, 6.07) is 13.5. The number of aromatic nitrogens is 3. The van der Waals surface area contributed by atoms with Crippen LogP contribution in [0.5, 0.6) is 0 Å². The van der Waals surface area contributed by atoms with Gasteiger partial charge in [-0.25, -0.2) is 0 Å². The highest BCUT2D eigenvalue weighted by atomic mass is 32.2. The third-order valence-electron chi connectivity index (χ3n) is 3.82. The molecular weight excluding hydrogens is 338 g/mol. The summed E-state index contributed by atoms with van der Waals surface area (Å²) in [5.41, 5.74) is 2.50. The van der Waals surface area contributed by atoms with Crippen molar-refractivity contribution in [2.45, 2.75) is 17.9 Å². The van der Waals surface area contributed by atoms with Crippen LogP contribution in [-0.2, 0) is 10.0 Å². The molecule has 0 spiro atoms. The Kier molecular flexibility index (Phi) is 4.52. The molecule has 0 saturated heterocycles. The molecule has 25 heavy (non-hydrogen) atoms. The van der Waals surface area contributed by atoms with Crippen molar-refractivity contribution in [3.8, 4) is 11.3 Å². The second-order valence-corrected chi connectivity index (χ2v) is 7.36. The molecule has 6 nitrogen and oxygen atoms in total. The summed E-state index contributed by atoms with van der Waals surface area (Å²) >= 11 is 0. The lowest BCUT2D eigenvalue weighted by Gasteiger charge is -2.09. The van der Waals surface area contributed by atoms with Gasteiger partial charge >= 0.3 is 0 Å². The van der Waals surface area contributed by atoms with Crippen LogP contribution in [0.4, 0.5) is 0 Å². The third kappa shape index (κ3) is 3.24. The first-order chi connectivity index (χ1) is 11.9. The molecule has 1 atom stereocenters. The molecule has 0 aliphatic carbocycles. The summed E-state index contributed by atoms with van der Waals surface area (Å²) in [6.45, 7) is 5.46. The summed E-state index contributed by atoms with van der Waals surface area (Å²) in [6.07, 6.45) is 1.85. The van der Waals surface area contributed by atoms with Crippen LogP contribution in [0.25, 0.3) is 11.3 Å². The Hall–Kier alpha value is -2.77. The van der Waals surface area contributed by atoms with Gasteiger partial charge in [0.15, 0.2) is 0 Å². The van der Waals surface area contributed by atoms with E-state index in [2.05, 4.69) is 16.9 Å². The normalized spacial score (nSPS) is 12.7. The Morgan fingerprint density at radius 3 is 2.52 bits per heavy atom. The summed E-state index contributed by atoms with van der Waals surface area (Å²) in [7, 11) is -3.82. The lowest BCUT2D eigenvalue weighted by molar-refractivity contribution is 0.229.